The van der Waals surface area contributed by atoms with E-state index >= 15 is 0 Å². The second-order valence-electron chi connectivity index (χ2n) is 9.75. The van der Waals surface area contributed by atoms with Crippen molar-refractivity contribution in [3.8, 4) is 5.75 Å². The van der Waals surface area contributed by atoms with E-state index < -0.39 is 0 Å². The maximum Gasteiger partial charge on any atom is 0.195 e. The molecule has 0 radical (unpaired) electrons. The zero-order valence-electron chi connectivity index (χ0n) is 39.6. The van der Waals surface area contributed by atoms with E-state index in [1.165, 1.54) is 0 Å². The Bertz CT molecular complexity index is 1950. The van der Waals surface area contributed by atoms with Gasteiger partial charge in [-0.05, 0) is 60.7 Å². The largest absolute Gasteiger partial charge is 0.508 e. The van der Waals surface area contributed by atoms with E-state index in [-0.39, 0.29) is 10.9 Å². The molecule has 2 heterocycles. The molecule has 4 nitrogen and oxygen atoms in total. The Kier molecular flexibility index (Phi) is 46.1. The molecule has 2 aromatic heterocycles. The van der Waals surface area contributed by atoms with Crippen LogP contribution in [0.25, 0.3) is 40.3 Å². The first-order chi connectivity index (χ1) is 29.5. The minimum absolute atomic E-state index is 0.139. The van der Waals surface area contributed by atoms with Gasteiger partial charge >= 0.3 is 0 Å². The second kappa shape index (κ2) is 45.0. The summed E-state index contributed by atoms with van der Waals surface area (Å²) in [5.74, 6) is 0.322. The molecule has 0 saturated carbocycles. The SMILES string of the molecule is CC.CC.CC.CC.CC.CC.CC.COC.O=c1c2ccccc2sc2ccccc12.O=c1c2ccccc2sc2ccccc12.Oc1ccccc1.c1ccccc1. The second-order valence-corrected chi connectivity index (χ2v) is 11.9. The summed E-state index contributed by atoms with van der Waals surface area (Å²) in [6.07, 6.45) is 0. The third-order valence-corrected chi connectivity index (χ3v) is 8.69. The van der Waals surface area contributed by atoms with Gasteiger partial charge in [-0.25, -0.2) is 0 Å². The van der Waals surface area contributed by atoms with Gasteiger partial charge in [0.15, 0.2) is 10.9 Å². The lowest BCUT2D eigenvalue weighted by molar-refractivity contribution is 0.277. The van der Waals surface area contributed by atoms with Crippen molar-refractivity contribution >= 4 is 63.0 Å². The van der Waals surface area contributed by atoms with Crippen molar-refractivity contribution < 1.29 is 9.84 Å². The minimum Gasteiger partial charge on any atom is -0.508 e. The van der Waals surface area contributed by atoms with Gasteiger partial charge in [0.05, 0.1) is 0 Å². The predicted octanol–water partition coefficient (Wildman–Crippen LogP) is 17.4. The molecule has 0 aliphatic carbocycles. The fourth-order valence-electron chi connectivity index (χ4n) is 4.31. The van der Waals surface area contributed by atoms with Gasteiger partial charge in [0, 0.05) is 54.6 Å². The molecule has 8 rings (SSSR count). The Morgan fingerprint density at radius 1 is 0.317 bits per heavy atom. The zero-order valence-corrected chi connectivity index (χ0v) is 41.2. The zero-order chi connectivity index (χ0) is 46.6. The smallest absolute Gasteiger partial charge is 0.195 e. The van der Waals surface area contributed by atoms with Crippen molar-refractivity contribution in [2.75, 3.05) is 14.2 Å². The van der Waals surface area contributed by atoms with E-state index in [1.807, 2.05) is 236 Å². The lowest BCUT2D eigenvalue weighted by Crippen LogP contribution is -1.99. The third-order valence-electron chi connectivity index (χ3n) is 6.39. The number of ether oxygens (including phenoxy) is 1. The highest BCUT2D eigenvalue weighted by atomic mass is 32.1. The van der Waals surface area contributed by atoms with Crippen LogP contribution in [0.3, 0.4) is 0 Å². The van der Waals surface area contributed by atoms with E-state index in [1.54, 1.807) is 61.2 Å². The van der Waals surface area contributed by atoms with Crippen molar-refractivity contribution in [3.63, 3.8) is 0 Å². The Morgan fingerprint density at radius 3 is 0.667 bits per heavy atom. The Morgan fingerprint density at radius 2 is 0.483 bits per heavy atom. The molecule has 0 aliphatic rings. The molecule has 0 unspecified atom stereocenters. The van der Waals surface area contributed by atoms with Crippen molar-refractivity contribution in [3.05, 3.63) is 184 Å². The summed E-state index contributed by atoms with van der Waals surface area (Å²) < 4.78 is 8.48. The van der Waals surface area contributed by atoms with Crippen LogP contribution < -0.4 is 10.9 Å². The van der Waals surface area contributed by atoms with Crippen molar-refractivity contribution in [1.29, 1.82) is 0 Å². The molecule has 0 amide bonds. The van der Waals surface area contributed by atoms with Crippen LogP contribution in [0.4, 0.5) is 0 Å². The summed E-state index contributed by atoms with van der Waals surface area (Å²) in [5, 5.41) is 11.9. The fourth-order valence-corrected chi connectivity index (χ4v) is 6.46. The van der Waals surface area contributed by atoms with Crippen molar-refractivity contribution in [2.24, 2.45) is 0 Å². The summed E-state index contributed by atoms with van der Waals surface area (Å²) in [5.41, 5.74) is 0.278. The Labute approximate surface area is 372 Å². The summed E-state index contributed by atoms with van der Waals surface area (Å²) in [4.78, 5) is 24.2. The molecule has 0 fully saturated rings. The molecule has 60 heavy (non-hydrogen) atoms. The highest BCUT2D eigenvalue weighted by Crippen LogP contribution is 2.24. The normalized spacial score (nSPS) is 8.27. The van der Waals surface area contributed by atoms with E-state index in [4.69, 9.17) is 5.11 Å². The summed E-state index contributed by atoms with van der Waals surface area (Å²) in [6.45, 7) is 28.0. The van der Waals surface area contributed by atoms with Crippen molar-refractivity contribution in [1.82, 2.24) is 0 Å². The first kappa shape index (κ1) is 61.5. The summed E-state index contributed by atoms with van der Waals surface area (Å²) in [6, 6.07) is 51.7. The summed E-state index contributed by atoms with van der Waals surface area (Å²) in [7, 11) is 3.25. The first-order valence-electron chi connectivity index (χ1n) is 21.5. The van der Waals surface area contributed by atoms with Gasteiger partial charge in [-0.1, -0.05) is 200 Å². The third kappa shape index (κ3) is 24.1. The molecule has 0 bridgehead atoms. The minimum atomic E-state index is 0.139. The summed E-state index contributed by atoms with van der Waals surface area (Å²) >= 11 is 3.33. The lowest BCUT2D eigenvalue weighted by Gasteiger charge is -1.99. The van der Waals surface area contributed by atoms with Gasteiger partial charge in [-0.2, -0.15) is 0 Å². The molecular formula is C54H76O4S2. The number of aromatic hydroxyl groups is 1. The molecule has 6 heteroatoms. The molecule has 8 aromatic rings. The number of phenols is 1. The van der Waals surface area contributed by atoms with E-state index in [0.717, 1.165) is 40.3 Å². The van der Waals surface area contributed by atoms with E-state index in [9.17, 15) is 9.59 Å². The topological polar surface area (TPSA) is 63.6 Å². The maximum absolute atomic E-state index is 12.1. The number of benzene rings is 6. The Hall–Kier alpha value is -5.14. The number of rotatable bonds is 0. The number of hydrogen-bond acceptors (Lipinski definition) is 6. The molecular weight excluding hydrogens is 777 g/mol. The van der Waals surface area contributed by atoms with Crippen LogP contribution in [-0.4, -0.2) is 19.3 Å². The van der Waals surface area contributed by atoms with Crippen LogP contribution in [0.1, 0.15) is 96.9 Å². The van der Waals surface area contributed by atoms with Gasteiger partial charge in [0.2, 0.25) is 0 Å². The molecule has 0 spiro atoms. The number of methoxy groups -OCH3 is 1. The maximum atomic E-state index is 12.1. The van der Waals surface area contributed by atoms with Gasteiger partial charge in [0.1, 0.15) is 5.75 Å². The lowest BCUT2D eigenvalue weighted by atomic mass is 10.2. The van der Waals surface area contributed by atoms with Crippen LogP contribution in [0.15, 0.2) is 173 Å². The molecule has 0 atom stereocenters. The molecule has 0 aliphatic heterocycles. The predicted molar refractivity (Wildman–Crippen MR) is 278 cm³/mol. The van der Waals surface area contributed by atoms with Gasteiger partial charge in [-0.15, -0.1) is 22.7 Å². The quantitative estimate of drug-likeness (QED) is 0.154. The number of fused-ring (bicyclic) bond motifs is 4. The first-order valence-corrected chi connectivity index (χ1v) is 23.1. The van der Waals surface area contributed by atoms with Gasteiger partial charge in [0.25, 0.3) is 0 Å². The average molecular weight is 853 g/mol. The van der Waals surface area contributed by atoms with Crippen LogP contribution in [-0.2, 0) is 4.74 Å². The van der Waals surface area contributed by atoms with Gasteiger partial charge in [-0.3, -0.25) is 9.59 Å². The number of hydrogen-bond donors (Lipinski definition) is 1. The Balaban J connectivity index is -0.000000323. The molecule has 1 N–H and O–H groups in total. The fraction of sp³-hybridized carbons (Fsp3) is 0.296. The van der Waals surface area contributed by atoms with Crippen molar-refractivity contribution in [2.45, 2.75) is 96.9 Å². The number of phenolic OH excluding ortho intramolecular Hbond substituents is 1. The number of para-hydroxylation sites is 1. The average Bonchev–Trinajstić information content (AvgIpc) is 3.35. The molecule has 0 saturated heterocycles. The highest BCUT2D eigenvalue weighted by molar-refractivity contribution is 7.24. The standard InChI is InChI=1S/2C13H8OS.C6H6O.C6H6.C2H6O.7C2H6/c2*14-13-9-5-1-3-7-11(9)15-12-8-4-2-6-10(12)13;7-6-4-2-1-3-5-6;1-2-4-6-5-3-1;1-3-2;7*1-2/h2*1-8H;1-5,7H;1-6H;1-2H3;7*1-2H3. The monoisotopic (exact) mass is 853 g/mol. The van der Waals surface area contributed by atoms with Gasteiger partial charge < -0.3 is 9.84 Å². The van der Waals surface area contributed by atoms with Crippen LogP contribution in [0.2, 0.25) is 0 Å². The van der Waals surface area contributed by atoms with E-state index in [0.29, 0.717) is 5.75 Å². The highest BCUT2D eigenvalue weighted by Gasteiger charge is 2.04. The molecule has 6 aromatic carbocycles. The van der Waals surface area contributed by atoms with E-state index in [2.05, 4.69) is 4.74 Å². The van der Waals surface area contributed by atoms with Crippen LogP contribution in [0.5, 0.6) is 5.75 Å². The van der Waals surface area contributed by atoms with Crippen LogP contribution in [0, 0.1) is 0 Å². The molecule has 328 valence electrons. The van der Waals surface area contributed by atoms with Crippen LogP contribution >= 0.6 is 22.7 Å².